The van der Waals surface area contributed by atoms with Crippen molar-refractivity contribution in [1.82, 2.24) is 4.90 Å². The van der Waals surface area contributed by atoms with E-state index in [4.69, 9.17) is 9.47 Å². The first kappa shape index (κ1) is 19.6. The molecule has 0 bridgehead atoms. The molecule has 1 aromatic carbocycles. The number of esters is 1. The van der Waals surface area contributed by atoms with Gasteiger partial charge in [0.2, 0.25) is 0 Å². The van der Waals surface area contributed by atoms with Crippen LogP contribution in [0, 0.1) is 11.8 Å². The van der Waals surface area contributed by atoms with Gasteiger partial charge in [-0.1, -0.05) is 44.2 Å². The van der Waals surface area contributed by atoms with Crippen molar-refractivity contribution in [2.24, 2.45) is 11.8 Å². The summed E-state index contributed by atoms with van der Waals surface area (Å²) in [6, 6.07) is 9.30. The third-order valence-corrected chi connectivity index (χ3v) is 4.71. The van der Waals surface area contributed by atoms with Crippen LogP contribution in [0.1, 0.15) is 33.3 Å². The fourth-order valence-electron chi connectivity index (χ4n) is 3.68. The smallest absolute Gasteiger partial charge is 0.331 e. The number of piperidine rings is 1. The molecular formula is C20H29NO4. The topological polar surface area (TPSA) is 55.8 Å². The molecule has 1 aliphatic heterocycles. The molecule has 3 atom stereocenters. The molecule has 1 aromatic rings. The average Bonchev–Trinajstić information content (AvgIpc) is 2.55. The van der Waals surface area contributed by atoms with Gasteiger partial charge in [0.1, 0.15) is 0 Å². The number of carbonyl (C=O) groups is 2. The first-order valence-electron chi connectivity index (χ1n) is 9.00. The largest absolute Gasteiger partial charge is 0.464 e. The highest BCUT2D eigenvalue weighted by atomic mass is 16.5. The Labute approximate surface area is 150 Å². The minimum atomic E-state index is -0.806. The van der Waals surface area contributed by atoms with E-state index >= 15 is 0 Å². The van der Waals surface area contributed by atoms with E-state index in [-0.39, 0.29) is 30.3 Å². The molecule has 25 heavy (non-hydrogen) atoms. The fourth-order valence-corrected chi connectivity index (χ4v) is 3.68. The van der Waals surface area contributed by atoms with Gasteiger partial charge in [0.05, 0.1) is 19.3 Å². The van der Waals surface area contributed by atoms with Gasteiger partial charge in [-0.25, -0.2) is 4.79 Å². The Morgan fingerprint density at radius 2 is 1.76 bits per heavy atom. The number of ketones is 1. The van der Waals surface area contributed by atoms with E-state index in [1.807, 2.05) is 23.1 Å². The second-order valence-corrected chi connectivity index (χ2v) is 6.93. The zero-order valence-electron chi connectivity index (χ0n) is 15.6. The zero-order chi connectivity index (χ0) is 18.4. The number of carbonyl (C=O) groups excluding carboxylic acids is 2. The van der Waals surface area contributed by atoms with Gasteiger partial charge in [0, 0.05) is 13.1 Å². The maximum Gasteiger partial charge on any atom is 0.331 e. The number of Topliss-reactive ketones (excluding diaryl/α,β-unsaturated/α-hetero) is 1. The number of hydrogen-bond acceptors (Lipinski definition) is 5. The fraction of sp³-hybridized carbons (Fsp3) is 0.600. The van der Waals surface area contributed by atoms with Gasteiger partial charge in [-0.3, -0.25) is 9.69 Å². The van der Waals surface area contributed by atoms with Crippen LogP contribution in [-0.4, -0.2) is 48.5 Å². The predicted molar refractivity (Wildman–Crippen MR) is 96.0 cm³/mol. The summed E-state index contributed by atoms with van der Waals surface area (Å²) >= 11 is 0. The molecule has 0 N–H and O–H groups in total. The van der Waals surface area contributed by atoms with Crippen LogP contribution >= 0.6 is 0 Å². The molecule has 0 amide bonds. The zero-order valence-corrected chi connectivity index (χ0v) is 15.6. The van der Waals surface area contributed by atoms with Crippen LogP contribution in [0.25, 0.3) is 0 Å². The van der Waals surface area contributed by atoms with Gasteiger partial charge in [-0.05, 0) is 31.2 Å². The van der Waals surface area contributed by atoms with E-state index in [1.165, 1.54) is 6.92 Å². The molecule has 2 rings (SSSR count). The summed E-state index contributed by atoms with van der Waals surface area (Å²) in [4.78, 5) is 26.1. The molecule has 0 radical (unpaired) electrons. The van der Waals surface area contributed by atoms with Crippen LogP contribution in [0.3, 0.4) is 0 Å². The molecule has 1 aliphatic rings. The lowest BCUT2D eigenvalue weighted by molar-refractivity contribution is -0.157. The molecule has 1 fully saturated rings. The van der Waals surface area contributed by atoms with E-state index in [9.17, 15) is 9.59 Å². The lowest BCUT2D eigenvalue weighted by atomic mass is 9.87. The third-order valence-electron chi connectivity index (χ3n) is 4.71. The number of nitrogens with zero attached hydrogens (tertiary/aromatic N) is 1. The minimum Gasteiger partial charge on any atom is -0.464 e. The van der Waals surface area contributed by atoms with Crippen molar-refractivity contribution in [2.75, 3.05) is 19.7 Å². The van der Waals surface area contributed by atoms with Crippen molar-refractivity contribution in [2.45, 2.75) is 46.4 Å². The van der Waals surface area contributed by atoms with Crippen molar-refractivity contribution < 1.29 is 19.1 Å². The average molecular weight is 347 g/mol. The Bertz CT molecular complexity index is 562. The van der Waals surface area contributed by atoms with Crippen LogP contribution in [-0.2, 0) is 25.7 Å². The Hall–Kier alpha value is -1.72. The molecule has 0 aromatic heterocycles. The van der Waals surface area contributed by atoms with Crippen molar-refractivity contribution in [1.29, 1.82) is 0 Å². The summed E-state index contributed by atoms with van der Waals surface area (Å²) in [5, 5.41) is 0. The molecule has 5 nitrogen and oxygen atoms in total. The highest BCUT2D eigenvalue weighted by Crippen LogP contribution is 2.27. The number of benzene rings is 1. The van der Waals surface area contributed by atoms with Gasteiger partial charge in [0.15, 0.2) is 11.8 Å². The van der Waals surface area contributed by atoms with Crippen molar-refractivity contribution in [3.05, 3.63) is 35.9 Å². The summed E-state index contributed by atoms with van der Waals surface area (Å²) in [5.74, 6) is -0.160. The molecule has 138 valence electrons. The highest BCUT2D eigenvalue weighted by Gasteiger charge is 2.40. The maximum absolute atomic E-state index is 12.2. The summed E-state index contributed by atoms with van der Waals surface area (Å²) in [6.07, 6.45) is 0.103. The van der Waals surface area contributed by atoms with E-state index < -0.39 is 12.0 Å². The summed E-state index contributed by atoms with van der Waals surface area (Å²) in [7, 11) is 0. The maximum atomic E-state index is 12.2. The Kier molecular flexibility index (Phi) is 7.14. The molecule has 0 saturated carbocycles. The van der Waals surface area contributed by atoms with Crippen LogP contribution in [0.15, 0.2) is 30.3 Å². The SMILES string of the molecule is CCOC(=O)C(C(C)=O)N1CC(C)C(OCc2ccccc2)C(C)C1. The lowest BCUT2D eigenvalue weighted by Gasteiger charge is -2.43. The number of ether oxygens (including phenoxy) is 2. The first-order valence-corrected chi connectivity index (χ1v) is 9.00. The molecule has 0 aliphatic carbocycles. The second-order valence-electron chi connectivity index (χ2n) is 6.93. The molecule has 3 unspecified atom stereocenters. The van der Waals surface area contributed by atoms with Gasteiger partial charge >= 0.3 is 5.97 Å². The number of rotatable bonds is 7. The van der Waals surface area contributed by atoms with Crippen molar-refractivity contribution in [3.63, 3.8) is 0 Å². The van der Waals surface area contributed by atoms with Crippen LogP contribution in [0.4, 0.5) is 0 Å². The summed E-state index contributed by atoms with van der Waals surface area (Å²) < 4.78 is 11.3. The monoisotopic (exact) mass is 347 g/mol. The van der Waals surface area contributed by atoms with E-state index in [2.05, 4.69) is 26.0 Å². The van der Waals surface area contributed by atoms with Crippen molar-refractivity contribution in [3.8, 4) is 0 Å². The van der Waals surface area contributed by atoms with Crippen LogP contribution < -0.4 is 0 Å². The first-order chi connectivity index (χ1) is 11.9. The lowest BCUT2D eigenvalue weighted by Crippen LogP contribution is -2.56. The third kappa shape index (κ3) is 5.13. The molecule has 0 spiro atoms. The molecule has 1 heterocycles. The Balaban J connectivity index is 2.00. The van der Waals surface area contributed by atoms with E-state index in [1.54, 1.807) is 6.92 Å². The number of likely N-dealkylation sites (tertiary alicyclic amines) is 1. The van der Waals surface area contributed by atoms with Crippen molar-refractivity contribution >= 4 is 11.8 Å². The molecule has 5 heteroatoms. The molecular weight excluding hydrogens is 318 g/mol. The number of hydrogen-bond donors (Lipinski definition) is 0. The van der Waals surface area contributed by atoms with Crippen LogP contribution in [0.2, 0.25) is 0 Å². The Morgan fingerprint density at radius 1 is 1.16 bits per heavy atom. The summed E-state index contributed by atoms with van der Waals surface area (Å²) in [5.41, 5.74) is 1.15. The van der Waals surface area contributed by atoms with Gasteiger partial charge < -0.3 is 9.47 Å². The predicted octanol–water partition coefficient (Wildman–Crippen LogP) is 2.68. The minimum absolute atomic E-state index is 0.103. The summed E-state index contributed by atoms with van der Waals surface area (Å²) in [6.45, 7) is 9.58. The van der Waals surface area contributed by atoms with E-state index in [0.29, 0.717) is 19.7 Å². The van der Waals surface area contributed by atoms with Gasteiger partial charge in [-0.2, -0.15) is 0 Å². The normalized spacial score (nSPS) is 25.4. The quantitative estimate of drug-likeness (QED) is 0.561. The second kappa shape index (κ2) is 9.11. The van der Waals surface area contributed by atoms with Crippen LogP contribution in [0.5, 0.6) is 0 Å². The van der Waals surface area contributed by atoms with Gasteiger partial charge in [-0.15, -0.1) is 0 Å². The highest BCUT2D eigenvalue weighted by molar-refractivity contribution is 6.01. The van der Waals surface area contributed by atoms with E-state index in [0.717, 1.165) is 5.56 Å². The molecule has 1 saturated heterocycles. The Morgan fingerprint density at radius 3 is 2.28 bits per heavy atom. The standard InChI is InChI=1S/C20H29NO4/c1-5-24-20(23)18(16(4)22)21-11-14(2)19(15(3)12-21)25-13-17-9-7-6-8-10-17/h6-10,14-15,18-19H,5,11-13H2,1-4H3. The van der Waals surface area contributed by atoms with Gasteiger partial charge in [0.25, 0.3) is 0 Å².